The van der Waals surface area contributed by atoms with Gasteiger partial charge in [0, 0.05) is 5.54 Å². The zero-order valence-corrected chi connectivity index (χ0v) is 14.4. The molecule has 4 fully saturated rings. The zero-order valence-electron chi connectivity index (χ0n) is 14.4. The summed E-state index contributed by atoms with van der Waals surface area (Å²) in [6.07, 6.45) is 7.03. The summed E-state index contributed by atoms with van der Waals surface area (Å²) in [6, 6.07) is 10.1. The van der Waals surface area contributed by atoms with Crippen molar-refractivity contribution in [3.8, 4) is 0 Å². The van der Waals surface area contributed by atoms with Crippen molar-refractivity contribution in [2.75, 3.05) is 0 Å². The smallest absolute Gasteiger partial charge is 0.224 e. The normalized spacial score (nSPS) is 38.0. The van der Waals surface area contributed by atoms with Crippen LogP contribution < -0.4 is 5.32 Å². The highest BCUT2D eigenvalue weighted by Gasteiger charge is 2.56. The molecule has 4 bridgehead atoms. The van der Waals surface area contributed by atoms with Crippen LogP contribution in [0, 0.1) is 29.6 Å². The van der Waals surface area contributed by atoms with Gasteiger partial charge in [-0.25, -0.2) is 0 Å². The Kier molecular flexibility index (Phi) is 3.74. The molecule has 2 nitrogen and oxygen atoms in total. The maximum Gasteiger partial charge on any atom is 0.224 e. The summed E-state index contributed by atoms with van der Waals surface area (Å²) in [5, 5.41) is 3.49. The second kappa shape index (κ2) is 5.65. The summed E-state index contributed by atoms with van der Waals surface area (Å²) >= 11 is 0. The van der Waals surface area contributed by atoms with E-state index >= 15 is 0 Å². The lowest BCUT2D eigenvalue weighted by atomic mass is 9.47. The highest BCUT2D eigenvalue weighted by molar-refractivity contribution is 5.79. The average molecular weight is 311 g/mol. The van der Waals surface area contributed by atoms with E-state index in [4.69, 9.17) is 0 Å². The van der Waals surface area contributed by atoms with Gasteiger partial charge in [-0.05, 0) is 67.3 Å². The number of rotatable bonds is 4. The zero-order chi connectivity index (χ0) is 16.0. The Hall–Kier alpha value is -1.31. The van der Waals surface area contributed by atoms with Gasteiger partial charge >= 0.3 is 0 Å². The van der Waals surface area contributed by atoms with Gasteiger partial charge in [-0.2, -0.15) is 0 Å². The Bertz CT molecular complexity index is 563. The van der Waals surface area contributed by atoms with Crippen LogP contribution in [0.5, 0.6) is 0 Å². The number of carbonyl (C=O) groups excluding carboxylic acids is 1. The maximum absolute atomic E-state index is 12.6. The van der Waals surface area contributed by atoms with Crippen LogP contribution in [0.4, 0.5) is 0 Å². The van der Waals surface area contributed by atoms with Gasteiger partial charge in [0.15, 0.2) is 0 Å². The topological polar surface area (TPSA) is 29.1 Å². The van der Waals surface area contributed by atoms with Gasteiger partial charge < -0.3 is 5.32 Å². The van der Waals surface area contributed by atoms with Crippen molar-refractivity contribution in [2.45, 2.75) is 57.9 Å². The first-order chi connectivity index (χ1) is 11.0. The molecule has 1 N–H and O–H groups in total. The van der Waals surface area contributed by atoms with Gasteiger partial charge in [0.1, 0.15) is 0 Å². The number of nitrogens with one attached hydrogen (secondary N) is 1. The van der Waals surface area contributed by atoms with E-state index in [1.807, 2.05) is 30.3 Å². The average Bonchev–Trinajstić information content (AvgIpc) is 2.45. The van der Waals surface area contributed by atoms with Gasteiger partial charge in [-0.3, -0.25) is 4.79 Å². The van der Waals surface area contributed by atoms with Crippen molar-refractivity contribution < 1.29 is 4.79 Å². The van der Waals surface area contributed by atoms with Crippen LogP contribution in [0.25, 0.3) is 0 Å². The third-order valence-corrected chi connectivity index (χ3v) is 6.73. The van der Waals surface area contributed by atoms with Crippen molar-refractivity contribution in [1.29, 1.82) is 0 Å². The van der Waals surface area contributed by atoms with Crippen LogP contribution in [0.3, 0.4) is 0 Å². The number of hydrogen-bond donors (Lipinski definition) is 1. The molecule has 4 aliphatic rings. The van der Waals surface area contributed by atoms with Crippen LogP contribution in [0.2, 0.25) is 0 Å². The molecule has 0 heterocycles. The van der Waals surface area contributed by atoms with Gasteiger partial charge in [0.05, 0.1) is 6.42 Å². The standard InChI is InChI=1S/C21H29NO/c1-14(2)20-17-8-16-9-18(20)13-21(11-16,12-17)22-19(23)10-15-6-4-3-5-7-15/h3-7,14,16-18,20H,8-13H2,1-2H3,(H,22,23). The Morgan fingerprint density at radius 2 is 1.78 bits per heavy atom. The lowest BCUT2D eigenvalue weighted by molar-refractivity contribution is -0.130. The van der Waals surface area contributed by atoms with E-state index in [1.54, 1.807) is 0 Å². The summed E-state index contributed by atoms with van der Waals surface area (Å²) in [5.74, 6) is 4.46. The second-order valence-corrected chi connectivity index (χ2v) is 8.78. The molecule has 2 heteroatoms. The molecule has 0 saturated heterocycles. The number of carbonyl (C=O) groups is 1. The minimum Gasteiger partial charge on any atom is -0.350 e. The monoisotopic (exact) mass is 311 g/mol. The molecule has 0 spiro atoms. The van der Waals surface area contributed by atoms with Crippen LogP contribution in [-0.2, 0) is 11.2 Å². The molecule has 0 aromatic heterocycles. The molecule has 23 heavy (non-hydrogen) atoms. The molecule has 4 saturated carbocycles. The minimum absolute atomic E-state index is 0.119. The van der Waals surface area contributed by atoms with Crippen molar-refractivity contribution in [3.05, 3.63) is 35.9 Å². The molecule has 5 rings (SSSR count). The molecule has 1 aromatic rings. The summed E-state index contributed by atoms with van der Waals surface area (Å²) in [7, 11) is 0. The molecular formula is C21H29NO. The summed E-state index contributed by atoms with van der Waals surface area (Å²) in [4.78, 5) is 12.6. The highest BCUT2D eigenvalue weighted by Crippen LogP contribution is 2.59. The molecule has 0 radical (unpaired) electrons. The first-order valence-corrected chi connectivity index (χ1v) is 9.40. The van der Waals surface area contributed by atoms with Crippen LogP contribution >= 0.6 is 0 Å². The fraction of sp³-hybridized carbons (Fsp3) is 0.667. The Morgan fingerprint density at radius 3 is 2.39 bits per heavy atom. The van der Waals surface area contributed by atoms with Crippen molar-refractivity contribution in [1.82, 2.24) is 5.32 Å². The van der Waals surface area contributed by atoms with Crippen LogP contribution in [0.1, 0.15) is 51.5 Å². The lowest BCUT2D eigenvalue weighted by Crippen LogP contribution is -2.63. The van der Waals surface area contributed by atoms with E-state index in [0.717, 1.165) is 35.2 Å². The summed E-state index contributed by atoms with van der Waals surface area (Å²) < 4.78 is 0. The highest BCUT2D eigenvalue weighted by atomic mass is 16.1. The largest absolute Gasteiger partial charge is 0.350 e. The third-order valence-electron chi connectivity index (χ3n) is 6.73. The molecular weight excluding hydrogens is 282 g/mol. The first kappa shape index (κ1) is 15.2. The molecule has 4 aliphatic carbocycles. The van der Waals surface area contributed by atoms with Crippen LogP contribution in [-0.4, -0.2) is 11.4 Å². The van der Waals surface area contributed by atoms with Gasteiger partial charge in [0.2, 0.25) is 5.91 Å². The lowest BCUT2D eigenvalue weighted by Gasteiger charge is -2.61. The van der Waals surface area contributed by atoms with Crippen molar-refractivity contribution in [3.63, 3.8) is 0 Å². The van der Waals surface area contributed by atoms with E-state index in [-0.39, 0.29) is 11.4 Å². The quantitative estimate of drug-likeness (QED) is 0.887. The van der Waals surface area contributed by atoms with Gasteiger partial charge in [-0.15, -0.1) is 0 Å². The predicted molar refractivity (Wildman–Crippen MR) is 92.9 cm³/mol. The fourth-order valence-electron chi connectivity index (χ4n) is 6.43. The Morgan fingerprint density at radius 1 is 1.13 bits per heavy atom. The summed E-state index contributed by atoms with van der Waals surface area (Å²) in [5.41, 5.74) is 1.24. The maximum atomic E-state index is 12.6. The Balaban J connectivity index is 1.46. The minimum atomic E-state index is 0.119. The van der Waals surface area contributed by atoms with E-state index in [9.17, 15) is 4.79 Å². The van der Waals surface area contributed by atoms with E-state index in [0.29, 0.717) is 6.42 Å². The number of amides is 1. The second-order valence-electron chi connectivity index (χ2n) is 8.78. The first-order valence-electron chi connectivity index (χ1n) is 9.40. The molecule has 1 amide bonds. The predicted octanol–water partition coefficient (Wildman–Crippen LogP) is 4.20. The van der Waals surface area contributed by atoms with E-state index < -0.39 is 0 Å². The van der Waals surface area contributed by atoms with E-state index in [1.165, 1.54) is 32.1 Å². The SMILES string of the molecule is CC(C)C1C2CC3CC1CC(NC(=O)Cc1ccccc1)(C3)C2. The van der Waals surface area contributed by atoms with Crippen molar-refractivity contribution in [2.24, 2.45) is 29.6 Å². The molecule has 2 unspecified atom stereocenters. The van der Waals surface area contributed by atoms with Gasteiger partial charge in [0.25, 0.3) is 0 Å². The molecule has 124 valence electrons. The van der Waals surface area contributed by atoms with Gasteiger partial charge in [-0.1, -0.05) is 44.2 Å². The molecule has 1 aromatic carbocycles. The summed E-state index contributed by atoms with van der Waals surface area (Å²) in [6.45, 7) is 4.79. The number of hydrogen-bond acceptors (Lipinski definition) is 1. The number of benzene rings is 1. The van der Waals surface area contributed by atoms with E-state index in [2.05, 4.69) is 19.2 Å². The van der Waals surface area contributed by atoms with Crippen LogP contribution in [0.15, 0.2) is 30.3 Å². The molecule has 2 atom stereocenters. The molecule has 0 aliphatic heterocycles. The third kappa shape index (κ3) is 2.81. The fourth-order valence-corrected chi connectivity index (χ4v) is 6.43. The Labute approximate surface area is 140 Å². The van der Waals surface area contributed by atoms with Crippen molar-refractivity contribution >= 4 is 5.91 Å².